The van der Waals surface area contributed by atoms with Gasteiger partial charge in [0.05, 0.1) is 0 Å². The molecule has 176 valence electrons. The Hall–Kier alpha value is -4.05. The zero-order chi connectivity index (χ0) is 24.7. The fourth-order valence-corrected chi connectivity index (χ4v) is 4.48. The Balaban J connectivity index is 1.30. The fraction of sp³-hybridized carbons (Fsp3) is 0.0625. The van der Waals surface area contributed by atoms with Crippen LogP contribution in [0.2, 0.25) is 0 Å². The van der Waals surface area contributed by atoms with Crippen LogP contribution in [0.1, 0.15) is 11.1 Å². The Labute approximate surface area is 216 Å². The molecule has 0 aliphatic heterocycles. The first-order chi connectivity index (χ1) is 17.7. The summed E-state index contributed by atoms with van der Waals surface area (Å²) < 4.78 is 0. The van der Waals surface area contributed by atoms with Crippen molar-refractivity contribution in [3.63, 3.8) is 0 Å². The number of nitrogens with zero attached hydrogens (tertiary/aromatic N) is 2. The van der Waals surface area contributed by atoms with E-state index in [4.69, 9.17) is 11.6 Å². The van der Waals surface area contributed by atoms with Gasteiger partial charge in [0.2, 0.25) is 0 Å². The quantitative estimate of drug-likeness (QED) is 0.107. The largest absolute Gasteiger partial charge is 0.279 e. The van der Waals surface area contributed by atoms with Gasteiger partial charge in [-0.25, -0.2) is 9.98 Å². The molecular weight excluding hydrogens is 462 g/mol. The Morgan fingerprint density at radius 2 is 1.39 bits per heavy atom. The maximum atomic E-state index is 6.53. The van der Waals surface area contributed by atoms with Gasteiger partial charge in [0.1, 0.15) is 0 Å². The van der Waals surface area contributed by atoms with Crippen molar-refractivity contribution in [3.8, 4) is 22.3 Å². The smallest absolute Gasteiger partial charge is 0.178 e. The lowest BCUT2D eigenvalue weighted by atomic mass is 9.97. The predicted octanol–water partition coefficient (Wildman–Crippen LogP) is 7.93. The first-order valence-corrected chi connectivity index (χ1v) is 12.3. The predicted molar refractivity (Wildman–Crippen MR) is 154 cm³/mol. The Bertz CT molecular complexity index is 1500. The van der Waals surface area contributed by atoms with Gasteiger partial charge in [0.25, 0.3) is 0 Å². The van der Waals surface area contributed by atoms with E-state index in [2.05, 4.69) is 113 Å². The average Bonchev–Trinajstić information content (AvgIpc) is 2.95. The Kier molecular flexibility index (Phi) is 7.32. The molecule has 0 heterocycles. The van der Waals surface area contributed by atoms with Crippen molar-refractivity contribution >= 4 is 34.9 Å². The number of amidine groups is 1. The van der Waals surface area contributed by atoms with Crippen LogP contribution in [-0.4, -0.2) is 18.2 Å². The summed E-state index contributed by atoms with van der Waals surface area (Å²) in [6, 6.07) is 41.7. The van der Waals surface area contributed by atoms with Gasteiger partial charge in [-0.05, 0) is 51.4 Å². The maximum absolute atomic E-state index is 6.53. The van der Waals surface area contributed by atoms with Gasteiger partial charge >= 0.3 is 0 Å². The van der Waals surface area contributed by atoms with Gasteiger partial charge in [-0.3, -0.25) is 5.32 Å². The molecule has 1 unspecified atom stereocenters. The number of benzene rings is 5. The molecule has 0 aliphatic carbocycles. The Morgan fingerprint density at radius 3 is 2.19 bits per heavy atom. The number of rotatable bonds is 7. The molecule has 5 aromatic rings. The van der Waals surface area contributed by atoms with Gasteiger partial charge in [0, 0.05) is 12.1 Å². The van der Waals surface area contributed by atoms with Gasteiger partial charge in [-0.1, -0.05) is 127 Å². The van der Waals surface area contributed by atoms with Gasteiger partial charge in [0.15, 0.2) is 11.5 Å². The molecule has 0 saturated heterocycles. The Morgan fingerprint density at radius 1 is 0.722 bits per heavy atom. The summed E-state index contributed by atoms with van der Waals surface area (Å²) in [5, 5.41) is 5.67. The standard InChI is InChI=1S/C32H26ClN3/c1-34-31(28-14-7-13-27(21-28)30-16-8-12-26-11-5-6-15-29(26)30)36-32(33)35-22-23-17-19-25(20-18-23)24-9-3-2-4-10-24/h2-21,32,35H,1,22H2. The molecule has 5 rings (SSSR count). The number of hydrogen-bond donors (Lipinski definition) is 1. The molecule has 0 bridgehead atoms. The number of fused-ring (bicyclic) bond motifs is 1. The minimum atomic E-state index is -0.638. The average molecular weight is 488 g/mol. The molecule has 0 amide bonds. The number of nitrogens with one attached hydrogen (secondary N) is 1. The van der Waals surface area contributed by atoms with Crippen LogP contribution >= 0.6 is 11.6 Å². The third-order valence-electron chi connectivity index (χ3n) is 6.14. The van der Waals surface area contributed by atoms with Gasteiger partial charge < -0.3 is 0 Å². The van der Waals surface area contributed by atoms with Crippen molar-refractivity contribution in [1.82, 2.24) is 5.32 Å². The van der Waals surface area contributed by atoms with Crippen LogP contribution in [0.3, 0.4) is 0 Å². The zero-order valence-corrected chi connectivity index (χ0v) is 20.6. The molecule has 3 nitrogen and oxygen atoms in total. The molecule has 5 aromatic carbocycles. The first-order valence-electron chi connectivity index (χ1n) is 11.9. The van der Waals surface area contributed by atoms with Crippen molar-refractivity contribution in [2.45, 2.75) is 12.2 Å². The van der Waals surface area contributed by atoms with Crippen molar-refractivity contribution < 1.29 is 0 Å². The highest BCUT2D eigenvalue weighted by Gasteiger charge is 2.10. The summed E-state index contributed by atoms with van der Waals surface area (Å²) in [6.45, 7) is 4.32. The zero-order valence-electron chi connectivity index (χ0n) is 19.8. The van der Waals surface area contributed by atoms with E-state index >= 15 is 0 Å². The highest BCUT2D eigenvalue weighted by molar-refractivity contribution is 6.21. The molecule has 4 heteroatoms. The van der Waals surface area contributed by atoms with Crippen LogP contribution in [0.4, 0.5) is 0 Å². The summed E-state index contributed by atoms with van der Waals surface area (Å²) in [6.07, 6.45) is 0. The molecule has 1 atom stereocenters. The summed E-state index contributed by atoms with van der Waals surface area (Å²) in [5.41, 5.74) is 6.00. The lowest BCUT2D eigenvalue weighted by Gasteiger charge is -2.11. The van der Waals surface area contributed by atoms with Crippen molar-refractivity contribution in [1.29, 1.82) is 0 Å². The van der Waals surface area contributed by atoms with Crippen LogP contribution in [0.5, 0.6) is 0 Å². The van der Waals surface area contributed by atoms with E-state index in [1.54, 1.807) is 0 Å². The molecule has 1 N–H and O–H groups in total. The van der Waals surface area contributed by atoms with Crippen molar-refractivity contribution in [3.05, 3.63) is 132 Å². The molecule has 0 fully saturated rings. The minimum Gasteiger partial charge on any atom is -0.279 e. The monoisotopic (exact) mass is 487 g/mol. The molecule has 0 aliphatic rings. The van der Waals surface area contributed by atoms with Gasteiger partial charge in [-0.2, -0.15) is 0 Å². The number of alkyl halides is 1. The van der Waals surface area contributed by atoms with Crippen molar-refractivity contribution in [2.75, 3.05) is 0 Å². The molecule has 0 saturated carbocycles. The fourth-order valence-electron chi connectivity index (χ4n) is 4.31. The maximum Gasteiger partial charge on any atom is 0.178 e. The van der Waals surface area contributed by atoms with E-state index in [9.17, 15) is 0 Å². The molecule has 0 aromatic heterocycles. The first kappa shape index (κ1) is 23.7. The third kappa shape index (κ3) is 5.44. The third-order valence-corrected chi connectivity index (χ3v) is 6.39. The molecule has 0 spiro atoms. The highest BCUT2D eigenvalue weighted by Crippen LogP contribution is 2.29. The number of hydrogen-bond acceptors (Lipinski definition) is 2. The summed E-state index contributed by atoms with van der Waals surface area (Å²) in [7, 11) is 0. The van der Waals surface area contributed by atoms with E-state index in [-0.39, 0.29) is 0 Å². The van der Waals surface area contributed by atoms with E-state index in [1.807, 2.05) is 30.3 Å². The number of halogens is 1. The molecule has 36 heavy (non-hydrogen) atoms. The highest BCUT2D eigenvalue weighted by atomic mass is 35.5. The van der Waals surface area contributed by atoms with Crippen molar-refractivity contribution in [2.24, 2.45) is 9.98 Å². The minimum absolute atomic E-state index is 0.504. The summed E-state index contributed by atoms with van der Waals surface area (Å²) in [5.74, 6) is 0.504. The lowest BCUT2D eigenvalue weighted by Crippen LogP contribution is -2.22. The van der Waals surface area contributed by atoms with Crippen LogP contribution in [0, 0.1) is 0 Å². The molecular formula is C32H26ClN3. The summed E-state index contributed by atoms with van der Waals surface area (Å²) in [4.78, 5) is 8.76. The second-order valence-corrected chi connectivity index (χ2v) is 8.91. The normalized spacial score (nSPS) is 12.4. The lowest BCUT2D eigenvalue weighted by molar-refractivity contribution is 0.661. The van der Waals surface area contributed by atoms with Gasteiger partial charge in [-0.15, -0.1) is 0 Å². The van der Waals surface area contributed by atoms with Crippen LogP contribution < -0.4 is 5.32 Å². The SMILES string of the molecule is C=NC(=NC(Cl)NCc1ccc(-c2ccccc2)cc1)c1cccc(-c2cccc3ccccc23)c1. The van der Waals surface area contributed by atoms with E-state index in [1.165, 1.54) is 21.9 Å². The van der Waals surface area contributed by atoms with E-state index in [0.29, 0.717) is 12.4 Å². The summed E-state index contributed by atoms with van der Waals surface area (Å²) >= 11 is 6.53. The second-order valence-electron chi connectivity index (χ2n) is 8.50. The topological polar surface area (TPSA) is 36.8 Å². The van der Waals surface area contributed by atoms with Crippen LogP contribution in [0.15, 0.2) is 131 Å². The second kappa shape index (κ2) is 11.1. The van der Waals surface area contributed by atoms with E-state index in [0.717, 1.165) is 22.3 Å². The molecule has 0 radical (unpaired) electrons. The van der Waals surface area contributed by atoms with Crippen LogP contribution in [-0.2, 0) is 6.54 Å². The number of aliphatic imine (C=N–C) groups is 2. The van der Waals surface area contributed by atoms with Crippen LogP contribution in [0.25, 0.3) is 33.0 Å². The van der Waals surface area contributed by atoms with E-state index < -0.39 is 5.62 Å².